The van der Waals surface area contributed by atoms with Gasteiger partial charge < -0.3 is 19.7 Å². The number of piperidine rings is 1. The maximum absolute atomic E-state index is 13.9. The van der Waals surface area contributed by atoms with Crippen LogP contribution in [0.15, 0.2) is 48.8 Å². The lowest BCUT2D eigenvalue weighted by Gasteiger charge is -2.34. The number of aromatic nitrogens is 2. The van der Waals surface area contributed by atoms with E-state index in [0.717, 1.165) is 48.4 Å². The van der Waals surface area contributed by atoms with Crippen LogP contribution in [-0.2, 0) is 0 Å². The van der Waals surface area contributed by atoms with Crippen molar-refractivity contribution in [3.05, 3.63) is 54.4 Å². The third-order valence-electron chi connectivity index (χ3n) is 5.75. The molecular formula is C25H31FN4O3. The Hall–Kier alpha value is -2.97. The summed E-state index contributed by atoms with van der Waals surface area (Å²) < 4.78 is 21.9. The van der Waals surface area contributed by atoms with Crippen molar-refractivity contribution in [3.8, 4) is 11.6 Å². The van der Waals surface area contributed by atoms with Crippen LogP contribution < -0.4 is 10.1 Å². The lowest BCUT2D eigenvalue weighted by atomic mass is 10.0. The van der Waals surface area contributed by atoms with Crippen LogP contribution in [0.4, 0.5) is 4.39 Å². The molecule has 7 nitrogen and oxygen atoms in total. The third-order valence-corrected chi connectivity index (χ3v) is 5.75. The van der Waals surface area contributed by atoms with Gasteiger partial charge in [-0.3, -0.25) is 9.69 Å². The second-order valence-corrected chi connectivity index (χ2v) is 9.10. The normalized spacial score (nSPS) is 15.6. The number of ether oxygens (including phenoxy) is 1. The van der Waals surface area contributed by atoms with Crippen molar-refractivity contribution in [1.29, 1.82) is 0 Å². The molecule has 0 spiro atoms. The Balaban J connectivity index is 1.39. The summed E-state index contributed by atoms with van der Waals surface area (Å²) in [6, 6.07) is 11.3. The van der Waals surface area contributed by atoms with E-state index in [4.69, 9.17) is 9.84 Å². The molecule has 3 aromatic rings. The molecule has 1 aromatic carbocycles. The van der Waals surface area contributed by atoms with Gasteiger partial charge in [0.15, 0.2) is 0 Å². The quantitative estimate of drug-likeness (QED) is 0.546. The fourth-order valence-electron chi connectivity index (χ4n) is 4.25. The Kier molecular flexibility index (Phi) is 6.95. The molecule has 1 amide bonds. The maximum atomic E-state index is 13.9. The number of halogens is 1. The van der Waals surface area contributed by atoms with Crippen molar-refractivity contribution < 1.29 is 19.0 Å². The number of amides is 1. The van der Waals surface area contributed by atoms with Gasteiger partial charge in [0.05, 0.1) is 18.3 Å². The van der Waals surface area contributed by atoms with Crippen LogP contribution in [0, 0.1) is 0 Å². The molecular weight excluding hydrogens is 423 g/mol. The van der Waals surface area contributed by atoms with Crippen LogP contribution in [0.5, 0.6) is 5.75 Å². The Morgan fingerprint density at radius 2 is 2.03 bits per heavy atom. The van der Waals surface area contributed by atoms with Crippen LogP contribution >= 0.6 is 0 Å². The molecule has 4 rings (SSSR count). The van der Waals surface area contributed by atoms with Gasteiger partial charge in [-0.1, -0.05) is 0 Å². The SMILES string of the molecule is CC(C)(F)CN1CCC(Oc2ccc(-n3ccc4cc(C(=O)NCCO)ccc43)nc2)CC1. The van der Waals surface area contributed by atoms with Gasteiger partial charge in [-0.05, 0) is 63.1 Å². The van der Waals surface area contributed by atoms with Crippen molar-refractivity contribution in [1.82, 2.24) is 19.8 Å². The van der Waals surface area contributed by atoms with Gasteiger partial charge in [0.1, 0.15) is 23.3 Å². The molecule has 1 saturated heterocycles. The Labute approximate surface area is 193 Å². The molecule has 8 heteroatoms. The summed E-state index contributed by atoms with van der Waals surface area (Å²) in [6.07, 6.45) is 5.50. The number of rotatable bonds is 8. The standard InChI is InChI=1S/C25H31FN4O3/c1-25(2,26)17-29-11-8-20(9-12-29)33-21-4-6-23(28-16-21)30-13-7-18-15-19(3-5-22(18)30)24(32)27-10-14-31/h3-7,13,15-16,20,31H,8-12,14,17H2,1-2H3,(H,27,32). The summed E-state index contributed by atoms with van der Waals surface area (Å²) in [7, 11) is 0. The van der Waals surface area contributed by atoms with Crippen LogP contribution in [0.25, 0.3) is 16.7 Å². The zero-order valence-corrected chi connectivity index (χ0v) is 19.1. The molecule has 0 bridgehead atoms. The molecule has 176 valence electrons. The highest BCUT2D eigenvalue weighted by atomic mass is 19.1. The lowest BCUT2D eigenvalue weighted by molar-refractivity contribution is 0.0627. The van der Waals surface area contributed by atoms with Gasteiger partial charge in [-0.15, -0.1) is 0 Å². The number of alkyl halides is 1. The summed E-state index contributed by atoms with van der Waals surface area (Å²) >= 11 is 0. The average Bonchev–Trinajstić information content (AvgIpc) is 3.21. The van der Waals surface area contributed by atoms with Crippen molar-refractivity contribution in [2.45, 2.75) is 38.5 Å². The molecule has 0 unspecified atom stereocenters. The minimum Gasteiger partial charge on any atom is -0.489 e. The fourth-order valence-corrected chi connectivity index (χ4v) is 4.25. The Bertz CT molecular complexity index is 1080. The number of benzene rings is 1. The largest absolute Gasteiger partial charge is 0.489 e. The van der Waals surface area contributed by atoms with E-state index in [1.165, 1.54) is 0 Å². The van der Waals surface area contributed by atoms with Gasteiger partial charge in [-0.25, -0.2) is 9.37 Å². The summed E-state index contributed by atoms with van der Waals surface area (Å²) in [5.41, 5.74) is 0.314. The number of aliphatic hydroxyl groups excluding tert-OH is 1. The average molecular weight is 455 g/mol. The number of aliphatic hydroxyl groups is 1. The molecule has 0 radical (unpaired) electrons. The summed E-state index contributed by atoms with van der Waals surface area (Å²) in [6.45, 7) is 5.49. The number of hydrogen-bond acceptors (Lipinski definition) is 5. The van der Waals surface area contributed by atoms with E-state index in [9.17, 15) is 9.18 Å². The molecule has 0 aliphatic carbocycles. The zero-order valence-electron chi connectivity index (χ0n) is 19.1. The molecule has 0 atom stereocenters. The minimum absolute atomic E-state index is 0.0909. The minimum atomic E-state index is -1.18. The molecule has 1 fully saturated rings. The second kappa shape index (κ2) is 9.89. The number of carbonyl (C=O) groups is 1. The number of nitrogens with one attached hydrogen (secondary N) is 1. The Morgan fingerprint density at radius 1 is 1.24 bits per heavy atom. The van der Waals surface area contributed by atoms with E-state index in [1.54, 1.807) is 26.1 Å². The van der Waals surface area contributed by atoms with Gasteiger partial charge in [-0.2, -0.15) is 0 Å². The number of nitrogens with zero attached hydrogens (tertiary/aromatic N) is 3. The summed E-state index contributed by atoms with van der Waals surface area (Å²) in [5.74, 6) is 1.27. The molecule has 1 aliphatic heterocycles. The first kappa shape index (κ1) is 23.2. The number of likely N-dealkylation sites (tertiary alicyclic amines) is 1. The maximum Gasteiger partial charge on any atom is 0.251 e. The summed E-state index contributed by atoms with van der Waals surface area (Å²) in [5, 5.41) is 12.5. The van der Waals surface area contributed by atoms with Crippen molar-refractivity contribution in [3.63, 3.8) is 0 Å². The first-order chi connectivity index (χ1) is 15.8. The highest BCUT2D eigenvalue weighted by Crippen LogP contribution is 2.24. The number of fused-ring (bicyclic) bond motifs is 1. The molecule has 2 N–H and O–H groups in total. The van der Waals surface area contributed by atoms with Gasteiger partial charge in [0.2, 0.25) is 0 Å². The highest BCUT2D eigenvalue weighted by molar-refractivity contribution is 5.98. The van der Waals surface area contributed by atoms with Gasteiger partial charge >= 0.3 is 0 Å². The molecule has 0 saturated carbocycles. The first-order valence-electron chi connectivity index (χ1n) is 11.4. The first-order valence-corrected chi connectivity index (χ1v) is 11.4. The number of hydrogen-bond donors (Lipinski definition) is 2. The van der Waals surface area contributed by atoms with Crippen LogP contribution in [0.3, 0.4) is 0 Å². The second-order valence-electron chi connectivity index (χ2n) is 9.10. The Morgan fingerprint density at radius 3 is 2.70 bits per heavy atom. The lowest BCUT2D eigenvalue weighted by Crippen LogP contribution is -2.43. The van der Waals surface area contributed by atoms with E-state index < -0.39 is 5.67 Å². The predicted molar refractivity (Wildman–Crippen MR) is 126 cm³/mol. The molecule has 1 aliphatic rings. The van der Waals surface area contributed by atoms with Gasteiger partial charge in [0, 0.05) is 43.3 Å². The van der Waals surface area contributed by atoms with Crippen molar-refractivity contribution in [2.75, 3.05) is 32.8 Å². The van der Waals surface area contributed by atoms with Crippen LogP contribution in [0.1, 0.15) is 37.0 Å². The van der Waals surface area contributed by atoms with Crippen LogP contribution in [0.2, 0.25) is 0 Å². The van der Waals surface area contributed by atoms with E-state index in [-0.39, 0.29) is 25.2 Å². The van der Waals surface area contributed by atoms with E-state index in [2.05, 4.69) is 15.2 Å². The zero-order chi connectivity index (χ0) is 23.4. The fraction of sp³-hybridized carbons (Fsp3) is 0.440. The van der Waals surface area contributed by atoms with Crippen molar-refractivity contribution >= 4 is 16.8 Å². The van der Waals surface area contributed by atoms with Crippen molar-refractivity contribution in [2.24, 2.45) is 0 Å². The topological polar surface area (TPSA) is 79.6 Å². The van der Waals surface area contributed by atoms with E-state index >= 15 is 0 Å². The summed E-state index contributed by atoms with van der Waals surface area (Å²) in [4.78, 5) is 18.9. The predicted octanol–water partition coefficient (Wildman–Crippen LogP) is 3.34. The monoisotopic (exact) mass is 454 g/mol. The number of carbonyl (C=O) groups excluding carboxylic acids is 1. The van der Waals surface area contributed by atoms with E-state index in [1.807, 2.05) is 41.1 Å². The molecule has 33 heavy (non-hydrogen) atoms. The third kappa shape index (κ3) is 5.89. The van der Waals surface area contributed by atoms with Crippen LogP contribution in [-0.4, -0.2) is 70.0 Å². The van der Waals surface area contributed by atoms with E-state index in [0.29, 0.717) is 12.1 Å². The number of pyridine rings is 1. The van der Waals surface area contributed by atoms with Gasteiger partial charge in [0.25, 0.3) is 5.91 Å². The highest BCUT2D eigenvalue weighted by Gasteiger charge is 2.26. The molecule has 2 aromatic heterocycles. The smallest absolute Gasteiger partial charge is 0.251 e. The molecule has 3 heterocycles.